The Morgan fingerprint density at radius 3 is 2.28 bits per heavy atom. The Balaban J connectivity index is 1.20. The molecule has 1 heterocycles. The van der Waals surface area contributed by atoms with Crippen LogP contribution in [0.5, 0.6) is 0 Å². The Morgan fingerprint density at radius 1 is 0.974 bits per heavy atom. The molecule has 0 saturated heterocycles. The third kappa shape index (κ3) is 5.30. The number of ketones is 1. The molecule has 0 radical (unpaired) electrons. The van der Waals surface area contributed by atoms with Gasteiger partial charge in [0, 0.05) is 27.6 Å². The fourth-order valence-electron chi connectivity index (χ4n) is 8.83. The van der Waals surface area contributed by atoms with E-state index >= 15 is 0 Å². The van der Waals surface area contributed by atoms with Gasteiger partial charge in [0.25, 0.3) is 0 Å². The summed E-state index contributed by atoms with van der Waals surface area (Å²) in [5.41, 5.74) is 5.58. The number of nitrogens with one attached hydrogen (secondary N) is 1. The Labute approximate surface area is 246 Å². The molecule has 4 aliphatic carbocycles. The minimum absolute atomic E-state index is 0.128. The molecule has 1 aromatic heterocycles. The van der Waals surface area contributed by atoms with Gasteiger partial charge in [-0.3, -0.25) is 4.79 Å². The van der Waals surface area contributed by atoms with E-state index in [2.05, 4.69) is 26.1 Å². The summed E-state index contributed by atoms with van der Waals surface area (Å²) < 4.78 is 1.87. The topological polar surface area (TPSA) is 46.9 Å². The number of hydrogen-bond donors (Lipinski definition) is 1. The molecule has 0 spiro atoms. The highest BCUT2D eigenvalue weighted by Gasteiger charge is 2.59. The zero-order chi connectivity index (χ0) is 27.6. The number of nitrogens with zero attached hydrogens (tertiary/aromatic N) is 2. The summed E-state index contributed by atoms with van der Waals surface area (Å²) in [4.78, 5) is 13.2. The molecule has 4 fully saturated rings. The van der Waals surface area contributed by atoms with Crippen LogP contribution >= 0.6 is 34.8 Å². The number of carbonyl (C=O) groups excluding carboxylic acids is 1. The maximum atomic E-state index is 13.2. The highest BCUT2D eigenvalue weighted by Crippen LogP contribution is 2.66. The van der Waals surface area contributed by atoms with Crippen molar-refractivity contribution in [3.05, 3.63) is 68.8 Å². The monoisotopic (exact) mass is 583 g/mol. The zero-order valence-corrected chi connectivity index (χ0v) is 25.2. The molecule has 4 aliphatic rings. The van der Waals surface area contributed by atoms with E-state index in [1.54, 1.807) is 6.07 Å². The van der Waals surface area contributed by atoms with Crippen LogP contribution in [0.4, 0.5) is 0 Å². The van der Waals surface area contributed by atoms with E-state index in [-0.39, 0.29) is 11.3 Å². The number of carbonyl (C=O) groups is 1. The van der Waals surface area contributed by atoms with E-state index in [1.807, 2.05) is 41.1 Å². The van der Waals surface area contributed by atoms with Crippen molar-refractivity contribution in [1.29, 1.82) is 0 Å². The molecule has 2 aromatic carbocycles. The van der Waals surface area contributed by atoms with Crippen LogP contribution in [0.15, 0.2) is 42.5 Å². The number of benzene rings is 2. The average Bonchev–Trinajstić information content (AvgIpc) is 3.15. The van der Waals surface area contributed by atoms with Gasteiger partial charge in [0.1, 0.15) is 5.78 Å². The molecule has 4 saturated carbocycles. The molecule has 4 bridgehead atoms. The van der Waals surface area contributed by atoms with Crippen LogP contribution in [0, 0.1) is 23.7 Å². The van der Waals surface area contributed by atoms with Gasteiger partial charge in [-0.15, -0.1) is 0 Å². The van der Waals surface area contributed by atoms with Crippen LogP contribution in [0.1, 0.15) is 70.1 Å². The van der Waals surface area contributed by atoms with E-state index in [0.29, 0.717) is 45.3 Å². The second kappa shape index (κ2) is 9.91. The number of aryl methyl sites for hydroxylation is 1. The standard InChI is InChI=1S/C32H36Cl3N3O/c1-20-27(10-9-25(39)16-36-32-15-21-13-30(2,18-32)17-31(3,14-21)19-32)37-38(28-11-8-24(34)12-26(28)35)29(20)22-4-6-23(33)7-5-22/h4-8,11-12,21,36H,9-10,13-19H2,1-3H3. The Bertz CT molecular complexity index is 1410. The Hall–Kier alpha value is -1.85. The number of aromatic nitrogens is 2. The van der Waals surface area contributed by atoms with Crippen LogP contribution in [0.25, 0.3) is 16.9 Å². The van der Waals surface area contributed by atoms with Gasteiger partial charge in [-0.25, -0.2) is 4.68 Å². The molecule has 7 heteroatoms. The lowest BCUT2D eigenvalue weighted by atomic mass is 9.43. The van der Waals surface area contributed by atoms with Crippen LogP contribution in [-0.4, -0.2) is 27.6 Å². The Kier molecular flexibility index (Phi) is 6.94. The first kappa shape index (κ1) is 27.3. The molecular formula is C32H36Cl3N3O. The highest BCUT2D eigenvalue weighted by atomic mass is 35.5. The maximum Gasteiger partial charge on any atom is 0.147 e. The lowest BCUT2D eigenvalue weighted by molar-refractivity contribution is -0.127. The summed E-state index contributed by atoms with van der Waals surface area (Å²) in [6, 6.07) is 13.1. The minimum atomic E-state index is 0.128. The molecule has 206 valence electrons. The fraction of sp³-hybridized carbons (Fsp3) is 0.500. The largest absolute Gasteiger partial charge is 0.304 e. The third-order valence-electron chi connectivity index (χ3n) is 9.40. The van der Waals surface area contributed by atoms with Crippen molar-refractivity contribution in [2.75, 3.05) is 6.54 Å². The number of rotatable bonds is 8. The van der Waals surface area contributed by atoms with E-state index in [0.717, 1.165) is 34.1 Å². The number of Topliss-reactive ketones (excluding diaryl/α,β-unsaturated/α-hetero) is 1. The highest BCUT2D eigenvalue weighted by molar-refractivity contribution is 6.35. The number of halogens is 3. The first-order valence-corrected chi connectivity index (χ1v) is 15.2. The Morgan fingerprint density at radius 2 is 1.64 bits per heavy atom. The van der Waals surface area contributed by atoms with Gasteiger partial charge in [0.15, 0.2) is 0 Å². The van der Waals surface area contributed by atoms with Crippen LogP contribution < -0.4 is 5.32 Å². The quantitative estimate of drug-likeness (QED) is 0.288. The van der Waals surface area contributed by atoms with E-state index in [9.17, 15) is 4.79 Å². The first-order chi connectivity index (χ1) is 18.5. The predicted octanol–water partition coefficient (Wildman–Crippen LogP) is 8.65. The van der Waals surface area contributed by atoms with E-state index in [1.165, 1.54) is 38.5 Å². The fourth-order valence-corrected chi connectivity index (χ4v) is 9.44. The van der Waals surface area contributed by atoms with Crippen molar-refractivity contribution >= 4 is 40.6 Å². The van der Waals surface area contributed by atoms with Crippen molar-refractivity contribution in [3.8, 4) is 16.9 Å². The minimum Gasteiger partial charge on any atom is -0.304 e. The van der Waals surface area contributed by atoms with Crippen LogP contribution in [0.3, 0.4) is 0 Å². The van der Waals surface area contributed by atoms with Crippen molar-refractivity contribution < 1.29 is 4.79 Å². The summed E-state index contributed by atoms with van der Waals surface area (Å²) >= 11 is 18.9. The van der Waals surface area contributed by atoms with Crippen molar-refractivity contribution in [1.82, 2.24) is 15.1 Å². The van der Waals surface area contributed by atoms with Gasteiger partial charge >= 0.3 is 0 Å². The lowest BCUT2D eigenvalue weighted by Gasteiger charge is -2.65. The molecule has 1 N–H and O–H groups in total. The summed E-state index contributed by atoms with van der Waals surface area (Å²) in [5.74, 6) is 1.05. The molecule has 0 aliphatic heterocycles. The van der Waals surface area contributed by atoms with E-state index < -0.39 is 0 Å². The summed E-state index contributed by atoms with van der Waals surface area (Å²) in [7, 11) is 0. The molecule has 0 amide bonds. The molecule has 3 aromatic rings. The van der Waals surface area contributed by atoms with Crippen LogP contribution in [-0.2, 0) is 11.2 Å². The third-order valence-corrected chi connectivity index (χ3v) is 10.2. The molecule has 7 rings (SSSR count). The van der Waals surface area contributed by atoms with Gasteiger partial charge in [0.2, 0.25) is 0 Å². The maximum absolute atomic E-state index is 13.2. The van der Waals surface area contributed by atoms with Crippen molar-refractivity contribution in [3.63, 3.8) is 0 Å². The predicted molar refractivity (Wildman–Crippen MR) is 160 cm³/mol. The van der Waals surface area contributed by atoms with Gasteiger partial charge in [0.05, 0.1) is 28.6 Å². The molecule has 2 unspecified atom stereocenters. The molecular weight excluding hydrogens is 549 g/mol. The summed E-state index contributed by atoms with van der Waals surface area (Å²) in [6.07, 6.45) is 8.71. The van der Waals surface area contributed by atoms with Gasteiger partial charge < -0.3 is 5.32 Å². The second-order valence-corrected chi connectivity index (χ2v) is 14.5. The molecule has 4 nitrogen and oxygen atoms in total. The van der Waals surface area contributed by atoms with E-state index in [4.69, 9.17) is 39.9 Å². The van der Waals surface area contributed by atoms with Crippen molar-refractivity contribution in [2.45, 2.75) is 77.7 Å². The summed E-state index contributed by atoms with van der Waals surface area (Å²) in [6.45, 7) is 7.44. The van der Waals surface area contributed by atoms with Gasteiger partial charge in [-0.05, 0) is 105 Å². The van der Waals surface area contributed by atoms with Gasteiger partial charge in [-0.1, -0.05) is 60.8 Å². The normalized spacial score (nSPS) is 29.2. The number of hydrogen-bond acceptors (Lipinski definition) is 3. The first-order valence-electron chi connectivity index (χ1n) is 14.0. The molecule has 39 heavy (non-hydrogen) atoms. The average molecular weight is 585 g/mol. The smallest absolute Gasteiger partial charge is 0.147 e. The SMILES string of the molecule is Cc1c(CCC(=O)CNC23CC4CC(C)(CC(C)(C4)C2)C3)nn(-c2ccc(Cl)cc2Cl)c1-c1ccc(Cl)cc1. The lowest BCUT2D eigenvalue weighted by Crippen LogP contribution is -2.64. The molecule has 2 atom stereocenters. The van der Waals surface area contributed by atoms with Crippen LogP contribution in [0.2, 0.25) is 15.1 Å². The van der Waals surface area contributed by atoms with Crippen molar-refractivity contribution in [2.24, 2.45) is 16.7 Å². The second-order valence-electron chi connectivity index (χ2n) is 13.2. The summed E-state index contributed by atoms with van der Waals surface area (Å²) in [5, 5.41) is 10.5. The zero-order valence-electron chi connectivity index (χ0n) is 22.9. The van der Waals surface area contributed by atoms with Gasteiger partial charge in [-0.2, -0.15) is 5.10 Å².